The second-order valence-corrected chi connectivity index (χ2v) is 2.08. The normalized spacial score (nSPS) is 26.2. The van der Waals surface area contributed by atoms with E-state index in [0.29, 0.717) is 0 Å². The van der Waals surface area contributed by atoms with Gasteiger partial charge in [-0.1, -0.05) is 0 Å². The van der Waals surface area contributed by atoms with Crippen molar-refractivity contribution < 1.29 is 4.79 Å². The van der Waals surface area contributed by atoms with Gasteiger partial charge in [-0.05, 0) is 6.92 Å². The van der Waals surface area contributed by atoms with Crippen LogP contribution in [0.2, 0.25) is 0 Å². The van der Waals surface area contributed by atoms with Crippen molar-refractivity contribution >= 4 is 18.4 Å². The molecule has 0 aromatic heterocycles. The van der Waals surface area contributed by atoms with E-state index in [-0.39, 0.29) is 30.6 Å². The molecule has 0 bridgehead atoms. The molecular weight excluding hydrogens is 156 g/mol. The van der Waals surface area contributed by atoms with Gasteiger partial charge in [0.1, 0.15) is 6.17 Å². The maximum absolute atomic E-state index is 10.4. The smallest absolute Gasteiger partial charge is 0.325 e. The minimum absolute atomic E-state index is 0. The molecule has 0 aromatic rings. The number of halogens is 1. The summed E-state index contributed by atoms with van der Waals surface area (Å²) in [6.45, 7) is 1.81. The first-order chi connectivity index (χ1) is 4.20. The summed E-state index contributed by atoms with van der Waals surface area (Å²) in [7, 11) is 0. The van der Waals surface area contributed by atoms with Gasteiger partial charge in [-0.2, -0.15) is 0 Å². The summed E-state index contributed by atoms with van der Waals surface area (Å²) in [5, 5.41) is 2.57. The van der Waals surface area contributed by atoms with Gasteiger partial charge >= 0.3 is 6.03 Å². The first-order valence-corrected chi connectivity index (χ1v) is 2.78. The molecule has 5 nitrogen and oxygen atoms in total. The summed E-state index contributed by atoms with van der Waals surface area (Å²) < 4.78 is 0. The van der Waals surface area contributed by atoms with Crippen LogP contribution >= 0.6 is 12.4 Å². The Morgan fingerprint density at radius 3 is 2.50 bits per heavy atom. The van der Waals surface area contributed by atoms with Crippen molar-refractivity contribution in [1.29, 1.82) is 0 Å². The average molecular weight is 167 g/mol. The van der Waals surface area contributed by atoms with E-state index in [9.17, 15) is 4.79 Å². The van der Waals surface area contributed by atoms with Crippen molar-refractivity contribution in [3.8, 4) is 0 Å². The fraction of sp³-hybridized carbons (Fsp3) is 0.750. The van der Waals surface area contributed by atoms with Crippen LogP contribution in [0, 0.1) is 0 Å². The number of hydrogen-bond donors (Lipinski definition) is 4. The Morgan fingerprint density at radius 1 is 1.70 bits per heavy atom. The van der Waals surface area contributed by atoms with E-state index >= 15 is 0 Å². The molecule has 2 unspecified atom stereocenters. The quantitative estimate of drug-likeness (QED) is 0.399. The van der Waals surface area contributed by atoms with E-state index in [2.05, 4.69) is 16.2 Å². The zero-order valence-electron chi connectivity index (χ0n) is 5.55. The topological polar surface area (TPSA) is 79.2 Å². The molecule has 1 saturated heterocycles. The summed E-state index contributed by atoms with van der Waals surface area (Å²) in [6.07, 6.45) is -0.141. The zero-order valence-corrected chi connectivity index (χ0v) is 6.37. The number of rotatable bonds is 1. The van der Waals surface area contributed by atoms with Crippen LogP contribution in [0.5, 0.6) is 0 Å². The van der Waals surface area contributed by atoms with Gasteiger partial charge in [0.2, 0.25) is 0 Å². The third-order valence-electron chi connectivity index (χ3n) is 1.15. The summed E-state index contributed by atoms with van der Waals surface area (Å²) in [5.74, 6) is 0. The van der Waals surface area contributed by atoms with Crippen molar-refractivity contribution in [2.75, 3.05) is 0 Å². The Morgan fingerprint density at radius 2 is 2.30 bits per heavy atom. The van der Waals surface area contributed by atoms with Gasteiger partial charge in [0.25, 0.3) is 0 Å². The van der Waals surface area contributed by atoms with Gasteiger partial charge in [0.05, 0.1) is 0 Å². The fourth-order valence-electron chi connectivity index (χ4n) is 0.620. The Kier molecular flexibility index (Phi) is 3.41. The van der Waals surface area contributed by atoms with Gasteiger partial charge in [0.15, 0.2) is 0 Å². The maximum atomic E-state index is 10.4. The molecule has 60 valence electrons. The molecule has 5 N–H and O–H groups in total. The fourth-order valence-corrected chi connectivity index (χ4v) is 0.620. The molecule has 2 atom stereocenters. The number of amides is 2. The number of urea groups is 1. The van der Waals surface area contributed by atoms with Crippen LogP contribution < -0.4 is 21.9 Å². The van der Waals surface area contributed by atoms with Crippen LogP contribution in [0.4, 0.5) is 4.79 Å². The molecule has 1 aliphatic rings. The second-order valence-electron chi connectivity index (χ2n) is 2.08. The highest BCUT2D eigenvalue weighted by Crippen LogP contribution is 1.87. The minimum Gasteiger partial charge on any atom is -0.325 e. The van der Waals surface area contributed by atoms with Gasteiger partial charge in [-0.3, -0.25) is 5.43 Å². The molecule has 1 rings (SSSR count). The minimum atomic E-state index is -0.225. The standard InChI is InChI=1S/C4H10N4O.ClH/c1-2(5)3-6-4(9)8-7-3;/h2-3,7H,5H2,1H3,(H2,6,8,9);1H. The third-order valence-corrected chi connectivity index (χ3v) is 1.15. The zero-order chi connectivity index (χ0) is 6.85. The van der Waals surface area contributed by atoms with Gasteiger partial charge in [0, 0.05) is 6.04 Å². The monoisotopic (exact) mass is 166 g/mol. The molecule has 0 saturated carbocycles. The number of carbonyl (C=O) groups is 1. The number of hydrogen-bond acceptors (Lipinski definition) is 3. The predicted molar refractivity (Wildman–Crippen MR) is 39.5 cm³/mol. The largest absolute Gasteiger partial charge is 0.330 e. The maximum Gasteiger partial charge on any atom is 0.330 e. The first kappa shape index (κ1) is 9.48. The Hall–Kier alpha value is -0.520. The number of nitrogens with two attached hydrogens (primary N) is 1. The third kappa shape index (κ3) is 2.02. The summed E-state index contributed by atoms with van der Waals surface area (Å²) in [4.78, 5) is 10.4. The summed E-state index contributed by atoms with van der Waals surface area (Å²) >= 11 is 0. The molecule has 6 heteroatoms. The molecule has 0 spiro atoms. The number of nitrogens with one attached hydrogen (secondary N) is 3. The Labute approximate surface area is 65.1 Å². The van der Waals surface area contributed by atoms with Crippen LogP contribution in [0.15, 0.2) is 0 Å². The van der Waals surface area contributed by atoms with Crippen LogP contribution in [-0.2, 0) is 0 Å². The van der Waals surface area contributed by atoms with Crippen LogP contribution in [0.25, 0.3) is 0 Å². The molecule has 0 aromatic carbocycles. The van der Waals surface area contributed by atoms with Gasteiger partial charge in [-0.25, -0.2) is 10.2 Å². The van der Waals surface area contributed by atoms with Crippen LogP contribution in [-0.4, -0.2) is 18.2 Å². The average Bonchev–Trinajstić information content (AvgIpc) is 2.14. The van der Waals surface area contributed by atoms with E-state index in [0.717, 1.165) is 0 Å². The number of carbonyl (C=O) groups excluding carboxylic acids is 1. The van der Waals surface area contributed by atoms with Gasteiger partial charge in [-0.15, -0.1) is 12.4 Å². The highest BCUT2D eigenvalue weighted by atomic mass is 35.5. The van der Waals surface area contributed by atoms with Crippen molar-refractivity contribution in [3.63, 3.8) is 0 Å². The lowest BCUT2D eigenvalue weighted by molar-refractivity contribution is 0.246. The molecular formula is C4H11ClN4O. The lowest BCUT2D eigenvalue weighted by Crippen LogP contribution is -2.47. The van der Waals surface area contributed by atoms with Crippen LogP contribution in [0.1, 0.15) is 6.92 Å². The summed E-state index contributed by atoms with van der Waals surface area (Å²) in [5.41, 5.74) is 10.5. The molecule has 0 aliphatic carbocycles. The lowest BCUT2D eigenvalue weighted by Gasteiger charge is -2.11. The van der Waals surface area contributed by atoms with Crippen molar-refractivity contribution in [1.82, 2.24) is 16.2 Å². The Bertz CT molecular complexity index is 128. The van der Waals surface area contributed by atoms with E-state index in [1.165, 1.54) is 0 Å². The van der Waals surface area contributed by atoms with Crippen molar-refractivity contribution in [3.05, 3.63) is 0 Å². The number of hydrazine groups is 1. The lowest BCUT2D eigenvalue weighted by atomic mass is 10.3. The van der Waals surface area contributed by atoms with Crippen LogP contribution in [0.3, 0.4) is 0 Å². The summed E-state index contributed by atoms with van der Waals surface area (Å²) in [6, 6.07) is -0.304. The van der Waals surface area contributed by atoms with E-state index in [1.807, 2.05) is 6.92 Å². The Balaban J connectivity index is 0.000000810. The van der Waals surface area contributed by atoms with Crippen molar-refractivity contribution in [2.45, 2.75) is 19.1 Å². The van der Waals surface area contributed by atoms with E-state index in [1.54, 1.807) is 0 Å². The van der Waals surface area contributed by atoms with E-state index in [4.69, 9.17) is 5.73 Å². The highest BCUT2D eigenvalue weighted by molar-refractivity contribution is 5.85. The SMILES string of the molecule is CC(N)C1NNC(=O)N1.Cl. The van der Waals surface area contributed by atoms with E-state index < -0.39 is 0 Å². The first-order valence-electron chi connectivity index (χ1n) is 2.78. The molecule has 2 amide bonds. The molecule has 1 heterocycles. The predicted octanol–water partition coefficient (Wildman–Crippen LogP) is -1.10. The molecule has 1 aliphatic heterocycles. The molecule has 10 heavy (non-hydrogen) atoms. The second kappa shape index (κ2) is 3.60. The molecule has 0 radical (unpaired) electrons. The van der Waals surface area contributed by atoms with Gasteiger partial charge < -0.3 is 11.1 Å². The van der Waals surface area contributed by atoms with Crippen molar-refractivity contribution in [2.24, 2.45) is 5.73 Å². The highest BCUT2D eigenvalue weighted by Gasteiger charge is 2.21. The molecule has 1 fully saturated rings.